The zero-order valence-electron chi connectivity index (χ0n) is 13.7. The highest BCUT2D eigenvalue weighted by molar-refractivity contribution is 5.92. The quantitative estimate of drug-likeness (QED) is 0.673. The number of hydrogen-bond donors (Lipinski definition) is 2. The zero-order chi connectivity index (χ0) is 16.9. The van der Waals surface area contributed by atoms with Gasteiger partial charge in [0.25, 0.3) is 0 Å². The van der Waals surface area contributed by atoms with Crippen molar-refractivity contribution in [2.75, 3.05) is 20.3 Å². The third kappa shape index (κ3) is 4.78. The molecule has 2 amide bonds. The topological polar surface area (TPSA) is 95.9 Å². The van der Waals surface area contributed by atoms with Crippen molar-refractivity contribution in [3.05, 3.63) is 0 Å². The van der Waals surface area contributed by atoms with Gasteiger partial charge in [0, 0.05) is 32.6 Å². The second kappa shape index (κ2) is 8.24. The largest absolute Gasteiger partial charge is 0.391 e. The summed E-state index contributed by atoms with van der Waals surface area (Å²) in [5.41, 5.74) is 0. The minimum Gasteiger partial charge on any atom is -0.391 e. The van der Waals surface area contributed by atoms with E-state index < -0.39 is 24.1 Å². The van der Waals surface area contributed by atoms with Crippen LogP contribution in [-0.4, -0.2) is 66.1 Å². The summed E-state index contributed by atoms with van der Waals surface area (Å²) in [4.78, 5) is 37.5. The highest BCUT2D eigenvalue weighted by Crippen LogP contribution is 2.20. The van der Waals surface area contributed by atoms with Gasteiger partial charge in [-0.2, -0.15) is 0 Å². The normalized spacial score (nSPS) is 22.7. The number of ether oxygens (including phenoxy) is 1. The molecule has 0 aromatic carbocycles. The number of ketones is 1. The third-order valence-electron chi connectivity index (χ3n) is 3.78. The van der Waals surface area contributed by atoms with Gasteiger partial charge < -0.3 is 20.1 Å². The second-order valence-electron chi connectivity index (χ2n) is 6.00. The van der Waals surface area contributed by atoms with Crippen LogP contribution in [0.5, 0.6) is 0 Å². The lowest BCUT2D eigenvalue weighted by Crippen LogP contribution is -2.51. The Bertz CT molecular complexity index is 424. The van der Waals surface area contributed by atoms with Crippen molar-refractivity contribution in [2.24, 2.45) is 5.92 Å². The van der Waals surface area contributed by atoms with E-state index in [2.05, 4.69) is 5.32 Å². The predicted octanol–water partition coefficient (Wildman–Crippen LogP) is -0.285. The molecular weight excluding hydrogens is 288 g/mol. The first-order chi connectivity index (χ1) is 10.3. The van der Waals surface area contributed by atoms with Crippen LogP contribution < -0.4 is 5.32 Å². The van der Waals surface area contributed by atoms with Crippen LogP contribution in [-0.2, 0) is 19.1 Å². The van der Waals surface area contributed by atoms with Crippen molar-refractivity contribution in [3.63, 3.8) is 0 Å². The summed E-state index contributed by atoms with van der Waals surface area (Å²) in [6, 6.07) is -1.37. The van der Waals surface area contributed by atoms with E-state index in [-0.39, 0.29) is 30.6 Å². The van der Waals surface area contributed by atoms with Gasteiger partial charge in [-0.3, -0.25) is 14.4 Å². The Morgan fingerprint density at radius 2 is 2.00 bits per heavy atom. The number of methoxy groups -OCH3 is 1. The molecular formula is C15H26N2O5. The SMILES string of the molecule is COCC[C@H](NC(=O)[C@@H]1C[C@@H](O)CN1C(=O)C(C)C)C(C)=O. The molecule has 0 bridgehead atoms. The second-order valence-corrected chi connectivity index (χ2v) is 6.00. The Labute approximate surface area is 131 Å². The molecule has 0 radical (unpaired) electrons. The van der Waals surface area contributed by atoms with Gasteiger partial charge in [0.1, 0.15) is 6.04 Å². The fraction of sp³-hybridized carbons (Fsp3) is 0.800. The van der Waals surface area contributed by atoms with Gasteiger partial charge >= 0.3 is 0 Å². The lowest BCUT2D eigenvalue weighted by atomic mass is 10.1. The molecule has 0 spiro atoms. The molecule has 22 heavy (non-hydrogen) atoms. The summed E-state index contributed by atoms with van der Waals surface area (Å²) >= 11 is 0. The van der Waals surface area contributed by atoms with Crippen LogP contribution in [0.25, 0.3) is 0 Å². The summed E-state index contributed by atoms with van der Waals surface area (Å²) in [6.45, 7) is 5.41. The lowest BCUT2D eigenvalue weighted by Gasteiger charge is -2.27. The van der Waals surface area contributed by atoms with Crippen LogP contribution in [0.2, 0.25) is 0 Å². The summed E-state index contributed by atoms with van der Waals surface area (Å²) in [7, 11) is 1.52. The molecule has 1 heterocycles. The maximum atomic E-state index is 12.4. The van der Waals surface area contributed by atoms with E-state index >= 15 is 0 Å². The van der Waals surface area contributed by atoms with Gasteiger partial charge in [0.15, 0.2) is 5.78 Å². The first kappa shape index (κ1) is 18.6. The number of β-amino-alcohol motifs (C(OH)–C–C–N with tert-alkyl or cyclic N) is 1. The van der Waals surface area contributed by atoms with Gasteiger partial charge in [-0.25, -0.2) is 0 Å². The molecule has 0 aliphatic carbocycles. The minimum absolute atomic E-state index is 0.151. The van der Waals surface area contributed by atoms with Crippen molar-refractivity contribution in [2.45, 2.75) is 51.8 Å². The molecule has 3 atom stereocenters. The molecule has 2 N–H and O–H groups in total. The average molecular weight is 314 g/mol. The van der Waals surface area contributed by atoms with Crippen molar-refractivity contribution in [1.82, 2.24) is 10.2 Å². The molecule has 126 valence electrons. The number of hydrogen-bond acceptors (Lipinski definition) is 5. The van der Waals surface area contributed by atoms with Crippen molar-refractivity contribution in [3.8, 4) is 0 Å². The Hall–Kier alpha value is -1.47. The van der Waals surface area contributed by atoms with Crippen LogP contribution in [0.4, 0.5) is 0 Å². The van der Waals surface area contributed by atoms with E-state index in [1.54, 1.807) is 13.8 Å². The van der Waals surface area contributed by atoms with E-state index in [1.807, 2.05) is 0 Å². The average Bonchev–Trinajstić information content (AvgIpc) is 2.83. The molecule has 7 nitrogen and oxygen atoms in total. The van der Waals surface area contributed by atoms with Gasteiger partial charge in [-0.1, -0.05) is 13.8 Å². The summed E-state index contributed by atoms with van der Waals surface area (Å²) in [5.74, 6) is -0.988. The van der Waals surface area contributed by atoms with Crippen molar-refractivity contribution in [1.29, 1.82) is 0 Å². The Morgan fingerprint density at radius 3 is 2.50 bits per heavy atom. The molecule has 1 fully saturated rings. The number of carbonyl (C=O) groups is 3. The number of aliphatic hydroxyl groups excluding tert-OH is 1. The van der Waals surface area contributed by atoms with E-state index in [9.17, 15) is 19.5 Å². The first-order valence-corrected chi connectivity index (χ1v) is 7.56. The molecule has 0 saturated carbocycles. The smallest absolute Gasteiger partial charge is 0.243 e. The van der Waals surface area contributed by atoms with E-state index in [0.29, 0.717) is 13.0 Å². The minimum atomic E-state index is -0.728. The molecule has 0 aromatic rings. The molecule has 1 rings (SSSR count). The summed E-state index contributed by atoms with van der Waals surface area (Å²) in [6.07, 6.45) is -0.141. The van der Waals surface area contributed by atoms with Crippen LogP contribution in [0.3, 0.4) is 0 Å². The molecule has 1 aliphatic rings. The number of aliphatic hydroxyl groups is 1. The van der Waals surface area contributed by atoms with E-state index in [0.717, 1.165) is 0 Å². The predicted molar refractivity (Wildman–Crippen MR) is 80.1 cm³/mol. The molecule has 0 unspecified atom stereocenters. The highest BCUT2D eigenvalue weighted by atomic mass is 16.5. The van der Waals surface area contributed by atoms with Crippen LogP contribution >= 0.6 is 0 Å². The fourth-order valence-corrected chi connectivity index (χ4v) is 2.52. The number of likely N-dealkylation sites (tertiary alicyclic amines) is 1. The molecule has 1 aliphatic heterocycles. The maximum absolute atomic E-state index is 12.4. The van der Waals surface area contributed by atoms with E-state index in [4.69, 9.17) is 4.74 Å². The highest BCUT2D eigenvalue weighted by Gasteiger charge is 2.40. The van der Waals surface area contributed by atoms with Gasteiger partial charge in [-0.15, -0.1) is 0 Å². The van der Waals surface area contributed by atoms with Gasteiger partial charge in [-0.05, 0) is 13.3 Å². The Morgan fingerprint density at radius 1 is 1.36 bits per heavy atom. The first-order valence-electron chi connectivity index (χ1n) is 7.56. The molecule has 1 saturated heterocycles. The number of nitrogens with zero attached hydrogens (tertiary/aromatic N) is 1. The van der Waals surface area contributed by atoms with Gasteiger partial charge in [0.2, 0.25) is 11.8 Å². The Balaban J connectivity index is 2.76. The van der Waals surface area contributed by atoms with E-state index in [1.165, 1.54) is 18.9 Å². The maximum Gasteiger partial charge on any atom is 0.243 e. The lowest BCUT2D eigenvalue weighted by molar-refractivity contribution is -0.141. The van der Waals surface area contributed by atoms with Crippen LogP contribution in [0.15, 0.2) is 0 Å². The van der Waals surface area contributed by atoms with Crippen molar-refractivity contribution >= 4 is 17.6 Å². The standard InChI is InChI=1S/C15H26N2O5/c1-9(2)15(21)17-8-11(19)7-13(17)14(20)16-12(10(3)18)5-6-22-4/h9,11-13,19H,5-8H2,1-4H3,(H,16,20)/t11-,12+,13+/m1/s1. The fourth-order valence-electron chi connectivity index (χ4n) is 2.52. The number of Topliss-reactive ketones (excluding diaryl/α,β-unsaturated/α-hetero) is 1. The monoisotopic (exact) mass is 314 g/mol. The van der Waals surface area contributed by atoms with Crippen LogP contribution in [0.1, 0.15) is 33.6 Å². The summed E-state index contributed by atoms with van der Waals surface area (Å²) in [5, 5.41) is 12.4. The zero-order valence-corrected chi connectivity index (χ0v) is 13.7. The number of rotatable bonds is 7. The molecule has 7 heteroatoms. The third-order valence-corrected chi connectivity index (χ3v) is 3.78. The van der Waals surface area contributed by atoms with Crippen molar-refractivity contribution < 1.29 is 24.2 Å². The number of nitrogens with one attached hydrogen (secondary N) is 1. The van der Waals surface area contributed by atoms with Gasteiger partial charge in [0.05, 0.1) is 12.1 Å². The summed E-state index contributed by atoms with van der Waals surface area (Å²) < 4.78 is 4.93. The molecule has 0 aromatic heterocycles. The number of amides is 2. The van der Waals surface area contributed by atoms with Crippen LogP contribution in [0, 0.1) is 5.92 Å². The number of carbonyl (C=O) groups excluding carboxylic acids is 3. The Kier molecular flexibility index (Phi) is 6.96.